The molecule has 4 aromatic carbocycles. The molecular formula is C28H26N2O4. The number of carbonyl (C=O) groups excluding carboxylic acids is 1. The highest BCUT2D eigenvalue weighted by Crippen LogP contribution is 2.33. The number of anilines is 1. The van der Waals surface area contributed by atoms with Crippen molar-refractivity contribution in [1.29, 1.82) is 0 Å². The lowest BCUT2D eigenvalue weighted by molar-refractivity contribution is -0.118. The number of hydrogen-bond acceptors (Lipinski definition) is 5. The summed E-state index contributed by atoms with van der Waals surface area (Å²) >= 11 is 0. The van der Waals surface area contributed by atoms with E-state index < -0.39 is 0 Å². The summed E-state index contributed by atoms with van der Waals surface area (Å²) in [5, 5.41) is 8.60. The molecule has 0 saturated heterocycles. The maximum Gasteiger partial charge on any atom is 0.262 e. The highest BCUT2D eigenvalue weighted by Gasteiger charge is 2.14. The molecule has 1 aliphatic heterocycles. The van der Waals surface area contributed by atoms with Crippen molar-refractivity contribution in [2.45, 2.75) is 20.0 Å². The van der Waals surface area contributed by atoms with Crippen LogP contribution in [0, 0.1) is 6.92 Å². The highest BCUT2D eigenvalue weighted by molar-refractivity contribution is 5.92. The first-order valence-corrected chi connectivity index (χ1v) is 11.2. The Morgan fingerprint density at radius 1 is 0.912 bits per heavy atom. The Kier molecular flexibility index (Phi) is 6.31. The minimum Gasteiger partial charge on any atom is -0.483 e. The van der Waals surface area contributed by atoms with Crippen LogP contribution in [0.5, 0.6) is 17.2 Å². The van der Waals surface area contributed by atoms with Gasteiger partial charge in [0.05, 0.1) is 0 Å². The second-order valence-corrected chi connectivity index (χ2v) is 8.26. The van der Waals surface area contributed by atoms with Gasteiger partial charge in [-0.25, -0.2) is 0 Å². The molecular weight excluding hydrogens is 428 g/mol. The first kappa shape index (κ1) is 21.8. The molecule has 6 heteroatoms. The van der Waals surface area contributed by atoms with Crippen LogP contribution in [0.4, 0.5) is 5.69 Å². The van der Waals surface area contributed by atoms with Crippen molar-refractivity contribution >= 4 is 22.4 Å². The van der Waals surface area contributed by atoms with Crippen LogP contribution in [0.2, 0.25) is 0 Å². The molecule has 0 saturated carbocycles. The van der Waals surface area contributed by atoms with E-state index in [0.717, 1.165) is 44.6 Å². The lowest BCUT2D eigenvalue weighted by Gasteiger charge is -2.15. The number of fused-ring (bicyclic) bond motifs is 2. The molecule has 6 nitrogen and oxygen atoms in total. The van der Waals surface area contributed by atoms with Gasteiger partial charge in [0.1, 0.15) is 5.75 Å². The van der Waals surface area contributed by atoms with Gasteiger partial charge in [-0.2, -0.15) is 0 Å². The zero-order valence-corrected chi connectivity index (χ0v) is 19.0. The van der Waals surface area contributed by atoms with Crippen LogP contribution in [-0.4, -0.2) is 19.3 Å². The Balaban J connectivity index is 1.28. The summed E-state index contributed by atoms with van der Waals surface area (Å²) in [6.45, 7) is 3.45. The molecule has 1 amide bonds. The van der Waals surface area contributed by atoms with Gasteiger partial charge in [-0.05, 0) is 53.6 Å². The van der Waals surface area contributed by atoms with Gasteiger partial charge in [0.25, 0.3) is 5.91 Å². The Labute approximate surface area is 198 Å². The Morgan fingerprint density at radius 2 is 1.74 bits per heavy atom. The van der Waals surface area contributed by atoms with Gasteiger partial charge in [0.15, 0.2) is 18.1 Å². The van der Waals surface area contributed by atoms with Crippen LogP contribution in [-0.2, 0) is 17.9 Å². The quantitative estimate of drug-likeness (QED) is 0.384. The molecule has 0 aromatic heterocycles. The van der Waals surface area contributed by atoms with E-state index in [1.54, 1.807) is 0 Å². The van der Waals surface area contributed by atoms with Gasteiger partial charge in [0, 0.05) is 24.3 Å². The summed E-state index contributed by atoms with van der Waals surface area (Å²) in [7, 11) is 0. The average molecular weight is 455 g/mol. The molecule has 172 valence electrons. The summed E-state index contributed by atoms with van der Waals surface area (Å²) < 4.78 is 16.8. The van der Waals surface area contributed by atoms with Crippen LogP contribution >= 0.6 is 0 Å². The molecule has 0 atom stereocenters. The molecule has 1 heterocycles. The van der Waals surface area contributed by atoms with Crippen molar-refractivity contribution in [3.8, 4) is 17.2 Å². The van der Waals surface area contributed by atoms with E-state index >= 15 is 0 Å². The highest BCUT2D eigenvalue weighted by atomic mass is 16.7. The van der Waals surface area contributed by atoms with Crippen LogP contribution < -0.4 is 24.8 Å². The molecule has 2 N–H and O–H groups in total. The second-order valence-electron chi connectivity index (χ2n) is 8.26. The van der Waals surface area contributed by atoms with E-state index in [9.17, 15) is 4.79 Å². The van der Waals surface area contributed by atoms with Gasteiger partial charge < -0.3 is 24.8 Å². The zero-order chi connectivity index (χ0) is 23.3. The number of carbonyl (C=O) groups is 1. The zero-order valence-electron chi connectivity index (χ0n) is 19.0. The Hall–Kier alpha value is -4.03. The molecule has 0 fully saturated rings. The summed E-state index contributed by atoms with van der Waals surface area (Å²) in [4.78, 5) is 12.5. The van der Waals surface area contributed by atoms with Crippen LogP contribution in [0.15, 0.2) is 78.9 Å². The molecule has 4 aromatic rings. The van der Waals surface area contributed by atoms with Gasteiger partial charge in [-0.15, -0.1) is 0 Å². The second kappa shape index (κ2) is 9.85. The largest absolute Gasteiger partial charge is 0.483 e. The normalized spacial score (nSPS) is 12.0. The van der Waals surface area contributed by atoms with E-state index in [-0.39, 0.29) is 19.3 Å². The van der Waals surface area contributed by atoms with E-state index in [1.807, 2.05) is 73.7 Å². The lowest BCUT2D eigenvalue weighted by Crippen LogP contribution is -2.21. The molecule has 0 bridgehead atoms. The molecule has 34 heavy (non-hydrogen) atoms. The third-order valence-electron chi connectivity index (χ3n) is 5.76. The van der Waals surface area contributed by atoms with E-state index in [0.29, 0.717) is 18.8 Å². The van der Waals surface area contributed by atoms with Gasteiger partial charge in [-0.1, -0.05) is 54.1 Å². The fourth-order valence-electron chi connectivity index (χ4n) is 3.99. The van der Waals surface area contributed by atoms with Crippen molar-refractivity contribution in [1.82, 2.24) is 5.32 Å². The van der Waals surface area contributed by atoms with Crippen LogP contribution in [0.3, 0.4) is 0 Å². The monoisotopic (exact) mass is 454 g/mol. The van der Waals surface area contributed by atoms with Crippen molar-refractivity contribution < 1.29 is 19.0 Å². The first-order chi connectivity index (χ1) is 16.7. The predicted molar refractivity (Wildman–Crippen MR) is 132 cm³/mol. The minimum absolute atomic E-state index is 0.0681. The number of ether oxygens (including phenoxy) is 3. The number of benzene rings is 4. The standard InChI is InChI=1S/C28H26N2O4/c1-19-6-10-22(11-7-19)30-28(31)17-32-25-13-9-21-4-2-3-5-23(21)24(25)16-29-15-20-8-12-26-27(14-20)34-18-33-26/h2-14,29H,15-18H2,1H3,(H,30,31). The molecule has 1 aliphatic rings. The third kappa shape index (κ3) is 4.97. The summed E-state index contributed by atoms with van der Waals surface area (Å²) in [5.41, 5.74) is 4.01. The summed E-state index contributed by atoms with van der Waals surface area (Å²) in [6, 6.07) is 25.8. The molecule has 5 rings (SSSR count). The van der Waals surface area contributed by atoms with Crippen molar-refractivity contribution in [3.63, 3.8) is 0 Å². The molecule has 0 aliphatic carbocycles. The number of hydrogen-bond donors (Lipinski definition) is 2. The topological polar surface area (TPSA) is 68.8 Å². The average Bonchev–Trinajstić information content (AvgIpc) is 3.33. The van der Waals surface area contributed by atoms with Gasteiger partial charge >= 0.3 is 0 Å². The number of aryl methyl sites for hydroxylation is 1. The Morgan fingerprint density at radius 3 is 2.62 bits per heavy atom. The SMILES string of the molecule is Cc1ccc(NC(=O)COc2ccc3ccccc3c2CNCc2ccc3c(c2)OCO3)cc1. The fourth-order valence-corrected chi connectivity index (χ4v) is 3.99. The lowest BCUT2D eigenvalue weighted by atomic mass is 10.0. The molecule has 0 spiro atoms. The minimum atomic E-state index is -0.198. The Bertz CT molecular complexity index is 1320. The van der Waals surface area contributed by atoms with Gasteiger partial charge in [-0.3, -0.25) is 4.79 Å². The molecule has 0 radical (unpaired) electrons. The fraction of sp³-hybridized carbons (Fsp3) is 0.179. The van der Waals surface area contributed by atoms with Crippen molar-refractivity contribution in [3.05, 3.63) is 95.6 Å². The predicted octanol–water partition coefficient (Wildman–Crippen LogP) is 5.18. The maximum atomic E-state index is 12.5. The van der Waals surface area contributed by atoms with E-state index in [2.05, 4.69) is 22.8 Å². The number of nitrogens with one attached hydrogen (secondary N) is 2. The van der Waals surface area contributed by atoms with Crippen molar-refractivity contribution in [2.75, 3.05) is 18.7 Å². The van der Waals surface area contributed by atoms with E-state index in [1.165, 1.54) is 0 Å². The number of rotatable bonds is 8. The summed E-state index contributed by atoms with van der Waals surface area (Å²) in [6.07, 6.45) is 0. The van der Waals surface area contributed by atoms with Crippen molar-refractivity contribution in [2.24, 2.45) is 0 Å². The smallest absolute Gasteiger partial charge is 0.262 e. The maximum absolute atomic E-state index is 12.5. The summed E-state index contributed by atoms with van der Waals surface area (Å²) in [5.74, 6) is 2.04. The van der Waals surface area contributed by atoms with Gasteiger partial charge in [0.2, 0.25) is 6.79 Å². The van der Waals surface area contributed by atoms with E-state index in [4.69, 9.17) is 14.2 Å². The number of amides is 1. The first-order valence-electron chi connectivity index (χ1n) is 11.2. The molecule has 0 unspecified atom stereocenters. The van der Waals surface area contributed by atoms with Crippen LogP contribution in [0.1, 0.15) is 16.7 Å². The van der Waals surface area contributed by atoms with Crippen LogP contribution in [0.25, 0.3) is 10.8 Å². The third-order valence-corrected chi connectivity index (χ3v) is 5.76.